The monoisotopic (exact) mass is 507 g/mol. The van der Waals surface area contributed by atoms with E-state index in [1.54, 1.807) is 52.9 Å². The summed E-state index contributed by atoms with van der Waals surface area (Å²) in [5.41, 5.74) is 1.09. The zero-order chi connectivity index (χ0) is 23.9. The fraction of sp³-hybridized carbons (Fsp3) is 0.348. The number of aromatic nitrogens is 2. The van der Waals surface area contributed by atoms with Gasteiger partial charge in [-0.15, -0.1) is 0 Å². The lowest BCUT2D eigenvalue weighted by Gasteiger charge is -2.42. The van der Waals surface area contributed by atoms with Crippen molar-refractivity contribution >= 4 is 57.4 Å². The molecule has 1 aromatic heterocycles. The summed E-state index contributed by atoms with van der Waals surface area (Å²) >= 11 is 18.1. The van der Waals surface area contributed by atoms with Crippen molar-refractivity contribution in [3.63, 3.8) is 0 Å². The minimum Gasteiger partial charge on any atom is -0.319 e. The minimum atomic E-state index is -0.193. The van der Waals surface area contributed by atoms with Crippen LogP contribution in [0.5, 0.6) is 0 Å². The number of benzene rings is 2. The second-order valence-corrected chi connectivity index (χ2v) is 9.52. The van der Waals surface area contributed by atoms with E-state index in [4.69, 9.17) is 39.8 Å². The zero-order valence-electron chi connectivity index (χ0n) is 18.5. The van der Waals surface area contributed by atoms with Gasteiger partial charge < -0.3 is 10.2 Å². The van der Waals surface area contributed by atoms with Gasteiger partial charge in [0.1, 0.15) is 5.82 Å². The number of amides is 2. The maximum absolute atomic E-state index is 12.9. The number of urea groups is 1. The quantitative estimate of drug-likeness (QED) is 0.528. The number of nitrogens with one attached hydrogen (secondary N) is 1. The Morgan fingerprint density at radius 2 is 1.88 bits per heavy atom. The third-order valence-electron chi connectivity index (χ3n) is 6.08. The minimum absolute atomic E-state index is 0.0414. The van der Waals surface area contributed by atoms with Crippen LogP contribution in [-0.4, -0.2) is 51.1 Å². The van der Waals surface area contributed by atoms with Crippen molar-refractivity contribution in [2.75, 3.05) is 25.0 Å². The molecule has 10 heteroatoms. The van der Waals surface area contributed by atoms with Gasteiger partial charge in [0.25, 0.3) is 5.56 Å². The van der Waals surface area contributed by atoms with E-state index in [2.05, 4.69) is 10.2 Å². The number of fused-ring (bicyclic) bond motifs is 1. The lowest BCUT2D eigenvalue weighted by molar-refractivity contribution is 0.0796. The normalized spacial score (nSPS) is 17.9. The average molecular weight is 509 g/mol. The first-order valence-electron chi connectivity index (χ1n) is 10.6. The molecule has 1 N–H and O–H groups in total. The summed E-state index contributed by atoms with van der Waals surface area (Å²) in [6.07, 6.45) is 0. The third kappa shape index (κ3) is 4.82. The Labute approximate surface area is 206 Å². The Morgan fingerprint density at radius 1 is 1.12 bits per heavy atom. The topological polar surface area (TPSA) is 70.5 Å². The molecule has 1 aliphatic rings. The number of hydrogen-bond donors (Lipinski definition) is 1. The van der Waals surface area contributed by atoms with Crippen LogP contribution < -0.4 is 10.9 Å². The number of nitrogens with zero attached hydrogens (tertiary/aromatic N) is 4. The maximum Gasteiger partial charge on any atom is 0.322 e. The molecule has 0 radical (unpaired) electrons. The molecule has 2 heterocycles. The number of rotatable bonds is 3. The van der Waals surface area contributed by atoms with Crippen molar-refractivity contribution in [2.24, 2.45) is 7.05 Å². The zero-order valence-corrected chi connectivity index (χ0v) is 20.7. The van der Waals surface area contributed by atoms with Gasteiger partial charge in [-0.1, -0.05) is 34.8 Å². The molecule has 1 fully saturated rings. The molecular formula is C23H24Cl3N5O2. The summed E-state index contributed by atoms with van der Waals surface area (Å²) in [6, 6.07) is 9.80. The van der Waals surface area contributed by atoms with Gasteiger partial charge in [-0.3, -0.25) is 14.3 Å². The molecule has 2 aromatic carbocycles. The van der Waals surface area contributed by atoms with Crippen molar-refractivity contribution in [3.05, 3.63) is 67.6 Å². The predicted octanol–water partition coefficient (Wildman–Crippen LogP) is 5.19. The van der Waals surface area contributed by atoms with E-state index in [1.165, 1.54) is 0 Å². The first-order valence-corrected chi connectivity index (χ1v) is 11.7. The largest absolute Gasteiger partial charge is 0.322 e. The van der Waals surface area contributed by atoms with E-state index in [1.807, 2.05) is 13.8 Å². The smallest absolute Gasteiger partial charge is 0.319 e. The Bertz CT molecular complexity index is 1280. The number of carbonyl (C=O) groups is 1. The van der Waals surface area contributed by atoms with Crippen LogP contribution >= 0.6 is 34.8 Å². The summed E-state index contributed by atoms with van der Waals surface area (Å²) in [7, 11) is 1.73. The standard InChI is InChI=1S/C23H24Cl3N5O2/c1-13-12-30(8-9-31(13)23(33)27-16-5-6-18(25)19(26)11-16)14(2)21-28-20-7-4-15(24)10-17(20)22(32)29(21)3/h4-7,10-11,13-14H,8-9,12H2,1-3H3,(H,27,33). The first-order chi connectivity index (χ1) is 15.7. The molecule has 3 aromatic rings. The molecule has 1 aliphatic heterocycles. The molecule has 4 rings (SSSR count). The van der Waals surface area contributed by atoms with E-state index >= 15 is 0 Å². The average Bonchev–Trinajstić information content (AvgIpc) is 2.78. The number of hydrogen-bond acceptors (Lipinski definition) is 4. The highest BCUT2D eigenvalue weighted by Gasteiger charge is 2.31. The Balaban J connectivity index is 1.49. The summed E-state index contributed by atoms with van der Waals surface area (Å²) in [4.78, 5) is 34.5. The van der Waals surface area contributed by atoms with E-state index in [0.717, 1.165) is 0 Å². The molecule has 2 atom stereocenters. The second kappa shape index (κ2) is 9.50. The van der Waals surface area contributed by atoms with Crippen molar-refractivity contribution in [1.82, 2.24) is 19.4 Å². The lowest BCUT2D eigenvalue weighted by atomic mass is 10.1. The summed E-state index contributed by atoms with van der Waals surface area (Å²) in [5.74, 6) is 0.677. The van der Waals surface area contributed by atoms with Crippen LogP contribution in [0.15, 0.2) is 41.2 Å². The molecule has 1 saturated heterocycles. The van der Waals surface area contributed by atoms with E-state index in [-0.39, 0.29) is 23.7 Å². The predicted molar refractivity (Wildman–Crippen MR) is 134 cm³/mol. The van der Waals surface area contributed by atoms with Gasteiger partial charge in [0.2, 0.25) is 0 Å². The molecule has 0 spiro atoms. The number of piperazine rings is 1. The summed E-state index contributed by atoms with van der Waals surface area (Å²) in [5, 5.41) is 4.71. The van der Waals surface area contributed by atoms with Crippen LogP contribution in [0.4, 0.5) is 10.5 Å². The van der Waals surface area contributed by atoms with Crippen molar-refractivity contribution in [2.45, 2.75) is 25.9 Å². The van der Waals surface area contributed by atoms with E-state index in [9.17, 15) is 9.59 Å². The van der Waals surface area contributed by atoms with Gasteiger partial charge in [0.15, 0.2) is 0 Å². The molecule has 0 saturated carbocycles. The van der Waals surface area contributed by atoms with Gasteiger partial charge in [-0.25, -0.2) is 9.78 Å². The molecule has 7 nitrogen and oxygen atoms in total. The highest BCUT2D eigenvalue weighted by atomic mass is 35.5. The fourth-order valence-corrected chi connectivity index (χ4v) is 4.68. The molecule has 0 bridgehead atoms. The van der Waals surface area contributed by atoms with Crippen molar-refractivity contribution < 1.29 is 4.79 Å². The highest BCUT2D eigenvalue weighted by Crippen LogP contribution is 2.27. The second-order valence-electron chi connectivity index (χ2n) is 8.27. The number of halogens is 3. The van der Waals surface area contributed by atoms with Gasteiger partial charge in [0.05, 0.1) is 27.0 Å². The Hall–Kier alpha value is -2.32. The highest BCUT2D eigenvalue weighted by molar-refractivity contribution is 6.42. The maximum atomic E-state index is 12.9. The summed E-state index contributed by atoms with van der Waals surface area (Å²) in [6.45, 7) is 5.86. The molecular weight excluding hydrogens is 485 g/mol. The van der Waals surface area contributed by atoms with Crippen LogP contribution in [0.1, 0.15) is 25.7 Å². The molecule has 2 amide bonds. The van der Waals surface area contributed by atoms with Gasteiger partial charge >= 0.3 is 6.03 Å². The first kappa shape index (κ1) is 23.8. The number of carbonyl (C=O) groups excluding carboxylic acids is 1. The van der Waals surface area contributed by atoms with Crippen LogP contribution in [0.25, 0.3) is 10.9 Å². The van der Waals surface area contributed by atoms with Crippen LogP contribution in [0.3, 0.4) is 0 Å². The Kier molecular flexibility index (Phi) is 6.86. The van der Waals surface area contributed by atoms with Gasteiger partial charge in [0, 0.05) is 43.4 Å². The SMILES string of the molecule is CC(c1nc2ccc(Cl)cc2c(=O)n1C)N1CCN(C(=O)Nc2ccc(Cl)c(Cl)c2)C(C)C1. The number of anilines is 1. The third-order valence-corrected chi connectivity index (χ3v) is 7.06. The molecule has 0 aliphatic carbocycles. The van der Waals surface area contributed by atoms with Gasteiger partial charge in [-0.2, -0.15) is 0 Å². The van der Waals surface area contributed by atoms with Crippen LogP contribution in [0, 0.1) is 0 Å². The van der Waals surface area contributed by atoms with Crippen LogP contribution in [-0.2, 0) is 7.05 Å². The molecule has 174 valence electrons. The molecule has 2 unspecified atom stereocenters. The fourth-order valence-electron chi connectivity index (χ4n) is 4.21. The Morgan fingerprint density at radius 3 is 2.58 bits per heavy atom. The van der Waals surface area contributed by atoms with E-state index in [0.29, 0.717) is 57.1 Å². The van der Waals surface area contributed by atoms with Crippen molar-refractivity contribution in [3.8, 4) is 0 Å². The summed E-state index contributed by atoms with van der Waals surface area (Å²) < 4.78 is 1.58. The van der Waals surface area contributed by atoms with E-state index < -0.39 is 0 Å². The lowest BCUT2D eigenvalue weighted by Crippen LogP contribution is -2.55. The van der Waals surface area contributed by atoms with Crippen LogP contribution in [0.2, 0.25) is 15.1 Å². The van der Waals surface area contributed by atoms with Gasteiger partial charge in [-0.05, 0) is 50.2 Å². The molecule has 33 heavy (non-hydrogen) atoms. The van der Waals surface area contributed by atoms with Crippen molar-refractivity contribution in [1.29, 1.82) is 0 Å².